The first-order valence-corrected chi connectivity index (χ1v) is 6.38. The highest BCUT2D eigenvalue weighted by Gasteiger charge is 2.28. The standard InChI is InChI=1S/C14H21FN2O/c1-16-7-8-17(2)13(10-16)14(18)9-11-5-3-4-6-12(11)15/h3-6,13-14,18H,7-10H2,1-2H3. The van der Waals surface area contributed by atoms with Crippen molar-refractivity contribution < 1.29 is 9.50 Å². The first kappa shape index (κ1) is 13.5. The number of nitrogens with zero attached hydrogens (tertiary/aromatic N) is 2. The van der Waals surface area contributed by atoms with E-state index in [0.29, 0.717) is 12.0 Å². The Morgan fingerprint density at radius 2 is 2.06 bits per heavy atom. The van der Waals surface area contributed by atoms with Crippen molar-refractivity contribution in [3.8, 4) is 0 Å². The lowest BCUT2D eigenvalue weighted by Gasteiger charge is -2.40. The van der Waals surface area contributed by atoms with E-state index >= 15 is 0 Å². The molecule has 4 heteroatoms. The van der Waals surface area contributed by atoms with Crippen molar-refractivity contribution in [2.45, 2.75) is 18.6 Å². The molecule has 2 rings (SSSR count). The number of likely N-dealkylation sites (N-methyl/N-ethyl adjacent to an activating group) is 2. The third-order valence-corrected chi connectivity index (χ3v) is 3.73. The average Bonchev–Trinajstić information content (AvgIpc) is 2.35. The van der Waals surface area contributed by atoms with Crippen LogP contribution in [0.3, 0.4) is 0 Å². The summed E-state index contributed by atoms with van der Waals surface area (Å²) in [7, 11) is 4.07. The molecule has 0 amide bonds. The summed E-state index contributed by atoms with van der Waals surface area (Å²) in [6.45, 7) is 2.78. The van der Waals surface area contributed by atoms with Gasteiger partial charge in [-0.2, -0.15) is 0 Å². The zero-order chi connectivity index (χ0) is 13.1. The zero-order valence-electron chi connectivity index (χ0n) is 11.0. The largest absolute Gasteiger partial charge is 0.391 e. The molecule has 1 heterocycles. The Kier molecular flexibility index (Phi) is 4.32. The van der Waals surface area contributed by atoms with E-state index < -0.39 is 6.10 Å². The number of benzene rings is 1. The molecular weight excluding hydrogens is 231 g/mol. The van der Waals surface area contributed by atoms with Crippen LogP contribution in [0, 0.1) is 5.82 Å². The van der Waals surface area contributed by atoms with Gasteiger partial charge in [0.15, 0.2) is 0 Å². The molecule has 0 saturated carbocycles. The van der Waals surface area contributed by atoms with Gasteiger partial charge in [-0.25, -0.2) is 4.39 Å². The van der Waals surface area contributed by atoms with Gasteiger partial charge in [0, 0.05) is 32.1 Å². The molecular formula is C14H21FN2O. The van der Waals surface area contributed by atoms with Crippen LogP contribution < -0.4 is 0 Å². The predicted octanol–water partition coefficient (Wildman–Crippen LogP) is 0.975. The summed E-state index contributed by atoms with van der Waals surface area (Å²) < 4.78 is 13.6. The maximum atomic E-state index is 13.6. The Hall–Kier alpha value is -0.970. The Morgan fingerprint density at radius 3 is 2.78 bits per heavy atom. The molecule has 3 nitrogen and oxygen atoms in total. The van der Waals surface area contributed by atoms with Gasteiger partial charge in [-0.15, -0.1) is 0 Å². The minimum Gasteiger partial charge on any atom is -0.391 e. The van der Waals surface area contributed by atoms with Gasteiger partial charge >= 0.3 is 0 Å². The Morgan fingerprint density at radius 1 is 1.33 bits per heavy atom. The maximum absolute atomic E-state index is 13.6. The van der Waals surface area contributed by atoms with Crippen LogP contribution in [0.1, 0.15) is 5.56 Å². The molecule has 0 spiro atoms. The van der Waals surface area contributed by atoms with Crippen LogP contribution in [0.25, 0.3) is 0 Å². The van der Waals surface area contributed by atoms with E-state index in [9.17, 15) is 9.50 Å². The first-order chi connectivity index (χ1) is 8.58. The maximum Gasteiger partial charge on any atom is 0.126 e. The molecule has 100 valence electrons. The summed E-state index contributed by atoms with van der Waals surface area (Å²) in [5.74, 6) is -0.233. The molecule has 1 aromatic rings. The van der Waals surface area contributed by atoms with Gasteiger partial charge in [0.2, 0.25) is 0 Å². The Labute approximate surface area is 108 Å². The van der Waals surface area contributed by atoms with Crippen LogP contribution in [0.5, 0.6) is 0 Å². The van der Waals surface area contributed by atoms with Crippen LogP contribution in [0.15, 0.2) is 24.3 Å². The lowest BCUT2D eigenvalue weighted by molar-refractivity contribution is 0.0149. The van der Waals surface area contributed by atoms with E-state index in [0.717, 1.165) is 19.6 Å². The molecule has 0 aromatic heterocycles. The second kappa shape index (κ2) is 5.78. The Bertz CT molecular complexity index is 399. The van der Waals surface area contributed by atoms with Gasteiger partial charge in [-0.1, -0.05) is 18.2 Å². The van der Waals surface area contributed by atoms with Crippen molar-refractivity contribution >= 4 is 0 Å². The van der Waals surface area contributed by atoms with Gasteiger partial charge in [0.25, 0.3) is 0 Å². The number of rotatable bonds is 3. The van der Waals surface area contributed by atoms with E-state index in [4.69, 9.17) is 0 Å². The number of aliphatic hydroxyl groups excluding tert-OH is 1. The van der Waals surface area contributed by atoms with Gasteiger partial charge in [0.05, 0.1) is 6.10 Å². The van der Waals surface area contributed by atoms with Crippen molar-refractivity contribution in [1.29, 1.82) is 0 Å². The van der Waals surface area contributed by atoms with Crippen LogP contribution in [-0.4, -0.2) is 60.8 Å². The second-order valence-electron chi connectivity index (χ2n) is 5.17. The number of hydrogen-bond acceptors (Lipinski definition) is 3. The van der Waals surface area contributed by atoms with E-state index in [2.05, 4.69) is 16.8 Å². The molecule has 1 saturated heterocycles. The zero-order valence-corrected chi connectivity index (χ0v) is 11.0. The van der Waals surface area contributed by atoms with Gasteiger partial charge in [-0.05, 0) is 25.7 Å². The van der Waals surface area contributed by atoms with E-state index in [-0.39, 0.29) is 11.9 Å². The molecule has 18 heavy (non-hydrogen) atoms. The highest BCUT2D eigenvalue weighted by Crippen LogP contribution is 2.16. The number of halogens is 1. The molecule has 1 N–H and O–H groups in total. The molecule has 0 radical (unpaired) electrons. The number of piperazine rings is 1. The minimum absolute atomic E-state index is 0.0726. The Balaban J connectivity index is 2.03. The van der Waals surface area contributed by atoms with Crippen LogP contribution >= 0.6 is 0 Å². The van der Waals surface area contributed by atoms with Gasteiger partial charge < -0.3 is 10.0 Å². The van der Waals surface area contributed by atoms with E-state index in [1.165, 1.54) is 6.07 Å². The molecule has 2 atom stereocenters. The summed E-state index contributed by atoms with van der Waals surface area (Å²) in [5.41, 5.74) is 0.589. The molecule has 0 bridgehead atoms. The summed E-state index contributed by atoms with van der Waals surface area (Å²) >= 11 is 0. The van der Waals surface area contributed by atoms with Crippen molar-refractivity contribution in [2.24, 2.45) is 0 Å². The molecule has 1 fully saturated rings. The van der Waals surface area contributed by atoms with Crippen molar-refractivity contribution in [3.63, 3.8) is 0 Å². The lowest BCUT2D eigenvalue weighted by atomic mass is 9.99. The van der Waals surface area contributed by atoms with Crippen LogP contribution in [0.2, 0.25) is 0 Å². The SMILES string of the molecule is CN1CCN(C)C(C(O)Cc2ccccc2F)C1. The molecule has 0 aliphatic carbocycles. The van der Waals surface area contributed by atoms with Gasteiger partial charge in [0.1, 0.15) is 5.82 Å². The van der Waals surface area contributed by atoms with E-state index in [1.54, 1.807) is 12.1 Å². The van der Waals surface area contributed by atoms with Gasteiger partial charge in [-0.3, -0.25) is 4.90 Å². The summed E-state index contributed by atoms with van der Waals surface area (Å²) in [4.78, 5) is 4.36. The third-order valence-electron chi connectivity index (χ3n) is 3.73. The van der Waals surface area contributed by atoms with Crippen LogP contribution in [0.4, 0.5) is 4.39 Å². The summed E-state index contributed by atoms with van der Waals surface area (Å²) in [5, 5.41) is 10.3. The highest BCUT2D eigenvalue weighted by atomic mass is 19.1. The van der Waals surface area contributed by atoms with Crippen molar-refractivity contribution in [1.82, 2.24) is 9.80 Å². The minimum atomic E-state index is -0.533. The average molecular weight is 252 g/mol. The molecule has 1 aliphatic heterocycles. The van der Waals surface area contributed by atoms with Crippen molar-refractivity contribution in [2.75, 3.05) is 33.7 Å². The summed E-state index contributed by atoms with van der Waals surface area (Å²) in [6.07, 6.45) is -0.162. The fourth-order valence-electron chi connectivity index (χ4n) is 2.48. The monoisotopic (exact) mass is 252 g/mol. The highest BCUT2D eigenvalue weighted by molar-refractivity contribution is 5.18. The quantitative estimate of drug-likeness (QED) is 0.868. The van der Waals surface area contributed by atoms with Crippen molar-refractivity contribution in [3.05, 3.63) is 35.6 Å². The fraction of sp³-hybridized carbons (Fsp3) is 0.571. The first-order valence-electron chi connectivity index (χ1n) is 6.38. The third kappa shape index (κ3) is 3.07. The topological polar surface area (TPSA) is 26.7 Å². The predicted molar refractivity (Wildman–Crippen MR) is 70.0 cm³/mol. The van der Waals surface area contributed by atoms with E-state index in [1.807, 2.05) is 13.1 Å². The molecule has 1 aliphatic rings. The second-order valence-corrected chi connectivity index (χ2v) is 5.17. The van der Waals surface area contributed by atoms with Crippen LogP contribution in [-0.2, 0) is 6.42 Å². The molecule has 2 unspecified atom stereocenters. The summed E-state index contributed by atoms with van der Waals surface area (Å²) in [6, 6.07) is 6.74. The smallest absolute Gasteiger partial charge is 0.126 e. The lowest BCUT2D eigenvalue weighted by Crippen LogP contribution is -2.55. The number of hydrogen-bond donors (Lipinski definition) is 1. The number of aliphatic hydroxyl groups is 1. The fourth-order valence-corrected chi connectivity index (χ4v) is 2.48. The molecule has 1 aromatic carbocycles. The normalized spacial score (nSPS) is 24.1.